The Morgan fingerprint density at radius 3 is 3.00 bits per heavy atom. The molecule has 0 saturated carbocycles. The lowest BCUT2D eigenvalue weighted by Crippen LogP contribution is -2.36. The molecular formula is C20H18N4O3S. The molecule has 28 heavy (non-hydrogen) atoms. The number of allylic oxidation sites excluding steroid dienone is 1. The van der Waals surface area contributed by atoms with Crippen molar-refractivity contribution in [3.63, 3.8) is 0 Å². The van der Waals surface area contributed by atoms with Crippen molar-refractivity contribution in [3.05, 3.63) is 53.1 Å². The molecule has 0 radical (unpaired) electrons. The van der Waals surface area contributed by atoms with Gasteiger partial charge in [-0.05, 0) is 30.5 Å². The first-order valence-corrected chi connectivity index (χ1v) is 9.88. The molecule has 0 aliphatic carbocycles. The summed E-state index contributed by atoms with van der Waals surface area (Å²) in [5.41, 5.74) is 2.74. The van der Waals surface area contributed by atoms with Crippen LogP contribution in [-0.2, 0) is 27.2 Å². The van der Waals surface area contributed by atoms with Crippen molar-refractivity contribution >= 4 is 46.1 Å². The van der Waals surface area contributed by atoms with E-state index < -0.39 is 17.7 Å². The Balaban J connectivity index is 1.41. The molecule has 1 aromatic carbocycles. The van der Waals surface area contributed by atoms with E-state index in [1.54, 1.807) is 16.4 Å². The number of thiazole rings is 1. The molecule has 0 bridgehead atoms. The first kappa shape index (κ1) is 18.2. The Labute approximate surface area is 165 Å². The lowest BCUT2D eigenvalue weighted by Gasteiger charge is -2.29. The Morgan fingerprint density at radius 2 is 2.14 bits per heavy atom. The van der Waals surface area contributed by atoms with Crippen LogP contribution in [0.25, 0.3) is 0 Å². The minimum Gasteiger partial charge on any atom is -0.312 e. The Morgan fingerprint density at radius 1 is 1.29 bits per heavy atom. The molecule has 1 aromatic heterocycles. The van der Waals surface area contributed by atoms with E-state index in [-0.39, 0.29) is 12.3 Å². The Bertz CT molecular complexity index is 995. The zero-order valence-electron chi connectivity index (χ0n) is 15.0. The third-order valence-electron chi connectivity index (χ3n) is 4.67. The average Bonchev–Trinajstić information content (AvgIpc) is 3.14. The van der Waals surface area contributed by atoms with Gasteiger partial charge in [-0.1, -0.05) is 24.3 Å². The molecule has 4 rings (SSSR count). The molecule has 3 heterocycles. The van der Waals surface area contributed by atoms with E-state index in [1.807, 2.05) is 18.2 Å². The van der Waals surface area contributed by atoms with Crippen LogP contribution in [0.4, 0.5) is 10.8 Å². The third kappa shape index (κ3) is 3.77. The van der Waals surface area contributed by atoms with Crippen LogP contribution in [-0.4, -0.2) is 35.5 Å². The number of aryl methyl sites for hydroxylation is 1. The summed E-state index contributed by atoms with van der Waals surface area (Å²) < 4.78 is 0. The van der Waals surface area contributed by atoms with Gasteiger partial charge in [0.2, 0.25) is 11.8 Å². The third-order valence-corrected chi connectivity index (χ3v) is 5.47. The van der Waals surface area contributed by atoms with Gasteiger partial charge in [0.25, 0.3) is 5.91 Å². The highest BCUT2D eigenvalue weighted by Gasteiger charge is 2.26. The van der Waals surface area contributed by atoms with Gasteiger partial charge in [0, 0.05) is 23.8 Å². The molecule has 0 saturated heterocycles. The first-order valence-electron chi connectivity index (χ1n) is 9.00. The number of amides is 3. The maximum atomic E-state index is 12.8. The van der Waals surface area contributed by atoms with Crippen LogP contribution in [0.5, 0.6) is 0 Å². The number of dihydropyridines is 1. The topological polar surface area (TPSA) is 91.7 Å². The summed E-state index contributed by atoms with van der Waals surface area (Å²) in [6.07, 6.45) is 6.49. The highest BCUT2D eigenvalue weighted by molar-refractivity contribution is 7.14. The van der Waals surface area contributed by atoms with E-state index in [2.05, 4.69) is 21.4 Å². The van der Waals surface area contributed by atoms with Crippen LogP contribution >= 0.6 is 11.3 Å². The summed E-state index contributed by atoms with van der Waals surface area (Å²) in [6.45, 7) is 0.695. The molecule has 142 valence electrons. The molecule has 7 nitrogen and oxygen atoms in total. The van der Waals surface area contributed by atoms with E-state index in [0.29, 0.717) is 17.4 Å². The SMILES string of the molecule is O=C1N=CC=CC1C(=O)Nc1nc(CC(=O)N2CCCc3ccccc32)cs1. The molecule has 0 fully saturated rings. The number of para-hydroxylation sites is 1. The number of nitrogens with one attached hydrogen (secondary N) is 1. The maximum Gasteiger partial charge on any atom is 0.262 e. The fourth-order valence-corrected chi connectivity index (χ4v) is 4.02. The van der Waals surface area contributed by atoms with Crippen molar-refractivity contribution in [1.82, 2.24) is 4.98 Å². The lowest BCUT2D eigenvalue weighted by molar-refractivity contribution is -0.128. The molecule has 0 spiro atoms. The Kier molecular flexibility index (Phi) is 5.12. The van der Waals surface area contributed by atoms with Gasteiger partial charge in [-0.2, -0.15) is 0 Å². The zero-order valence-corrected chi connectivity index (χ0v) is 15.8. The van der Waals surface area contributed by atoms with Gasteiger partial charge >= 0.3 is 0 Å². The molecule has 8 heteroatoms. The first-order chi connectivity index (χ1) is 13.6. The number of nitrogens with zero attached hydrogens (tertiary/aromatic N) is 3. The number of aliphatic imine (C=N–C) groups is 1. The van der Waals surface area contributed by atoms with Crippen LogP contribution < -0.4 is 10.2 Å². The molecule has 2 aromatic rings. The number of aromatic nitrogens is 1. The molecule has 1 N–H and O–H groups in total. The molecule has 2 aliphatic rings. The summed E-state index contributed by atoms with van der Waals surface area (Å²) in [6, 6.07) is 7.94. The van der Waals surface area contributed by atoms with Gasteiger partial charge in [-0.3, -0.25) is 14.4 Å². The quantitative estimate of drug-likeness (QED) is 0.806. The van der Waals surface area contributed by atoms with Gasteiger partial charge in [-0.25, -0.2) is 9.98 Å². The van der Waals surface area contributed by atoms with E-state index in [0.717, 1.165) is 18.5 Å². The van der Waals surface area contributed by atoms with Gasteiger partial charge in [-0.15, -0.1) is 11.3 Å². The fourth-order valence-electron chi connectivity index (χ4n) is 3.31. The van der Waals surface area contributed by atoms with Crippen LogP contribution in [0.1, 0.15) is 17.7 Å². The van der Waals surface area contributed by atoms with Gasteiger partial charge < -0.3 is 10.2 Å². The van der Waals surface area contributed by atoms with Crippen LogP contribution in [0.3, 0.4) is 0 Å². The summed E-state index contributed by atoms with van der Waals surface area (Å²) in [5.74, 6) is -1.94. The highest BCUT2D eigenvalue weighted by Crippen LogP contribution is 2.27. The largest absolute Gasteiger partial charge is 0.312 e. The van der Waals surface area contributed by atoms with Crippen molar-refractivity contribution in [3.8, 4) is 0 Å². The summed E-state index contributed by atoms with van der Waals surface area (Å²) in [4.78, 5) is 46.4. The standard InChI is InChI=1S/C20H18N4O3S/c25-17(24-10-4-6-13-5-1-2-8-16(13)24)11-14-12-28-20(22-14)23-19(27)15-7-3-9-21-18(15)26/h1-3,5,7-9,12,15H,4,6,10-11H2,(H,22,23,27). The zero-order chi connectivity index (χ0) is 19.5. The van der Waals surface area contributed by atoms with Crippen molar-refractivity contribution in [2.24, 2.45) is 10.9 Å². The van der Waals surface area contributed by atoms with Gasteiger partial charge in [0.15, 0.2) is 5.13 Å². The minimum atomic E-state index is -0.941. The summed E-state index contributed by atoms with van der Waals surface area (Å²) >= 11 is 1.23. The average molecular weight is 394 g/mol. The molecule has 1 unspecified atom stereocenters. The normalized spacial score (nSPS) is 18.1. The predicted octanol–water partition coefficient (Wildman–Crippen LogP) is 2.39. The second kappa shape index (κ2) is 7.85. The number of fused-ring (bicyclic) bond motifs is 1. The fraction of sp³-hybridized carbons (Fsp3) is 0.250. The summed E-state index contributed by atoms with van der Waals surface area (Å²) in [7, 11) is 0. The maximum absolute atomic E-state index is 12.8. The molecular weight excluding hydrogens is 376 g/mol. The lowest BCUT2D eigenvalue weighted by atomic mass is 10.0. The van der Waals surface area contributed by atoms with Crippen LogP contribution in [0.2, 0.25) is 0 Å². The van der Waals surface area contributed by atoms with E-state index in [4.69, 9.17) is 0 Å². The van der Waals surface area contributed by atoms with E-state index in [9.17, 15) is 14.4 Å². The predicted molar refractivity (Wildman–Crippen MR) is 108 cm³/mol. The molecule has 2 aliphatic heterocycles. The Hall–Kier alpha value is -3.13. The molecule has 3 amide bonds. The van der Waals surface area contributed by atoms with E-state index in [1.165, 1.54) is 29.2 Å². The second-order valence-electron chi connectivity index (χ2n) is 6.57. The van der Waals surface area contributed by atoms with Crippen LogP contribution in [0.15, 0.2) is 46.8 Å². The minimum absolute atomic E-state index is 0.0185. The van der Waals surface area contributed by atoms with Crippen molar-refractivity contribution in [2.45, 2.75) is 19.3 Å². The van der Waals surface area contributed by atoms with E-state index >= 15 is 0 Å². The van der Waals surface area contributed by atoms with Gasteiger partial charge in [0.1, 0.15) is 5.92 Å². The summed E-state index contributed by atoms with van der Waals surface area (Å²) in [5, 5.41) is 4.74. The number of carbonyl (C=O) groups is 3. The second-order valence-corrected chi connectivity index (χ2v) is 7.42. The monoisotopic (exact) mass is 394 g/mol. The van der Waals surface area contributed by atoms with Crippen molar-refractivity contribution < 1.29 is 14.4 Å². The van der Waals surface area contributed by atoms with Crippen molar-refractivity contribution in [2.75, 3.05) is 16.8 Å². The van der Waals surface area contributed by atoms with Gasteiger partial charge in [0.05, 0.1) is 12.1 Å². The molecule has 1 atom stereocenters. The van der Waals surface area contributed by atoms with Crippen molar-refractivity contribution in [1.29, 1.82) is 0 Å². The number of rotatable bonds is 4. The number of hydrogen-bond acceptors (Lipinski definition) is 5. The number of benzene rings is 1. The number of hydrogen-bond donors (Lipinski definition) is 1. The smallest absolute Gasteiger partial charge is 0.262 e. The van der Waals surface area contributed by atoms with Crippen LogP contribution in [0, 0.1) is 5.92 Å². The number of carbonyl (C=O) groups excluding carboxylic acids is 3. The number of anilines is 2. The highest BCUT2D eigenvalue weighted by atomic mass is 32.1.